The van der Waals surface area contributed by atoms with Gasteiger partial charge in [-0.15, -0.1) is 0 Å². The molecule has 0 atom stereocenters. The van der Waals surface area contributed by atoms with E-state index < -0.39 is 0 Å². The average molecular weight is 433 g/mol. The maximum Gasteiger partial charge on any atom is 0.146 e. The Morgan fingerprint density at radius 1 is 0.909 bits per heavy atom. The second-order valence-electron chi connectivity index (χ2n) is 8.88. The van der Waals surface area contributed by atoms with Crippen molar-refractivity contribution in [1.82, 2.24) is 19.5 Å². The minimum Gasteiger partial charge on any atom is -0.455 e. The molecule has 0 unspecified atom stereocenters. The monoisotopic (exact) mass is 432 g/mol. The summed E-state index contributed by atoms with van der Waals surface area (Å²) in [7, 11) is 0. The molecule has 0 saturated carbocycles. The molecule has 5 heteroatoms. The fourth-order valence-electron chi connectivity index (χ4n) is 4.50. The molecule has 0 aliphatic rings. The average Bonchev–Trinajstić information content (AvgIpc) is 3.39. The number of fused-ring (bicyclic) bond motifs is 4. The van der Waals surface area contributed by atoms with E-state index >= 15 is 0 Å². The van der Waals surface area contributed by atoms with Gasteiger partial charge in [-0.1, -0.05) is 56.3 Å². The van der Waals surface area contributed by atoms with Crippen molar-refractivity contribution in [2.24, 2.45) is 0 Å². The Kier molecular flexibility index (Phi) is 4.50. The molecule has 0 saturated heterocycles. The predicted molar refractivity (Wildman–Crippen MR) is 132 cm³/mol. The third-order valence-electron chi connectivity index (χ3n) is 6.26. The van der Waals surface area contributed by atoms with E-state index in [9.17, 15) is 0 Å². The third-order valence-corrected chi connectivity index (χ3v) is 6.26. The first-order valence-electron chi connectivity index (χ1n) is 11.3. The van der Waals surface area contributed by atoms with Gasteiger partial charge in [0.15, 0.2) is 0 Å². The maximum absolute atomic E-state index is 6.42. The van der Waals surface area contributed by atoms with Crippen LogP contribution in [0.2, 0.25) is 0 Å². The SMILES string of the molecule is Cc1cncc2c1oc1c(-c3nc4cc(C(C)C)ncc4n3Cc3ccccc3)cccc12. The molecule has 4 heterocycles. The first-order chi connectivity index (χ1) is 16.1. The summed E-state index contributed by atoms with van der Waals surface area (Å²) in [6.07, 6.45) is 5.68. The molecule has 0 bridgehead atoms. The number of para-hydroxylation sites is 1. The summed E-state index contributed by atoms with van der Waals surface area (Å²) in [5.74, 6) is 1.22. The van der Waals surface area contributed by atoms with Crippen LogP contribution in [0, 0.1) is 6.92 Å². The van der Waals surface area contributed by atoms with Gasteiger partial charge in [-0.3, -0.25) is 9.97 Å². The molecule has 0 N–H and O–H groups in total. The van der Waals surface area contributed by atoms with Gasteiger partial charge in [0.25, 0.3) is 0 Å². The van der Waals surface area contributed by atoms with Crippen molar-refractivity contribution >= 4 is 33.0 Å². The summed E-state index contributed by atoms with van der Waals surface area (Å²) in [5, 5.41) is 2.08. The zero-order valence-corrected chi connectivity index (χ0v) is 18.9. The van der Waals surface area contributed by atoms with Crippen LogP contribution in [0.4, 0.5) is 0 Å². The quantitative estimate of drug-likeness (QED) is 0.305. The van der Waals surface area contributed by atoms with E-state index in [2.05, 4.69) is 71.9 Å². The van der Waals surface area contributed by atoms with Crippen molar-refractivity contribution in [2.45, 2.75) is 33.2 Å². The van der Waals surface area contributed by atoms with Crippen LogP contribution in [0.15, 0.2) is 77.6 Å². The van der Waals surface area contributed by atoms with Crippen LogP contribution in [-0.4, -0.2) is 19.5 Å². The van der Waals surface area contributed by atoms with Gasteiger partial charge in [0.1, 0.15) is 17.0 Å². The normalized spacial score (nSPS) is 11.9. The van der Waals surface area contributed by atoms with Crippen molar-refractivity contribution in [1.29, 1.82) is 0 Å². The zero-order valence-electron chi connectivity index (χ0n) is 18.9. The van der Waals surface area contributed by atoms with E-state index in [1.165, 1.54) is 5.56 Å². The number of aryl methyl sites for hydroxylation is 1. The third kappa shape index (κ3) is 3.20. The molecule has 6 rings (SSSR count). The van der Waals surface area contributed by atoms with E-state index in [0.717, 1.165) is 55.6 Å². The summed E-state index contributed by atoms with van der Waals surface area (Å²) in [5.41, 5.74) is 7.94. The minimum atomic E-state index is 0.339. The Balaban J connectivity index is 1.64. The van der Waals surface area contributed by atoms with Crippen LogP contribution in [0.5, 0.6) is 0 Å². The number of hydrogen-bond donors (Lipinski definition) is 0. The number of hydrogen-bond acceptors (Lipinski definition) is 4. The van der Waals surface area contributed by atoms with Crippen LogP contribution in [-0.2, 0) is 6.54 Å². The standard InChI is InChI=1S/C28H24N4O/c1-17(2)23-12-24-25(15-30-23)32(16-19-8-5-4-6-9-19)28(31-24)21-11-7-10-20-22-14-29-13-18(3)26(22)33-27(20)21/h4-15,17H,16H2,1-3H3. The molecule has 0 amide bonds. The minimum absolute atomic E-state index is 0.339. The van der Waals surface area contributed by atoms with Crippen LogP contribution >= 0.6 is 0 Å². The lowest BCUT2D eigenvalue weighted by molar-refractivity contribution is 0.665. The van der Waals surface area contributed by atoms with E-state index in [1.54, 1.807) is 0 Å². The van der Waals surface area contributed by atoms with E-state index in [1.807, 2.05) is 31.6 Å². The maximum atomic E-state index is 6.42. The van der Waals surface area contributed by atoms with Gasteiger partial charge in [-0.2, -0.15) is 0 Å². The zero-order chi connectivity index (χ0) is 22.5. The second-order valence-corrected chi connectivity index (χ2v) is 8.88. The molecule has 5 nitrogen and oxygen atoms in total. The Morgan fingerprint density at radius 2 is 1.76 bits per heavy atom. The molecule has 4 aromatic heterocycles. The topological polar surface area (TPSA) is 56.7 Å². The highest BCUT2D eigenvalue weighted by molar-refractivity contribution is 6.09. The van der Waals surface area contributed by atoms with Crippen molar-refractivity contribution < 1.29 is 4.42 Å². The molecule has 0 spiro atoms. The second kappa shape index (κ2) is 7.55. The van der Waals surface area contributed by atoms with Gasteiger partial charge in [0.2, 0.25) is 0 Å². The summed E-state index contributed by atoms with van der Waals surface area (Å²) in [6.45, 7) is 7.04. The summed E-state index contributed by atoms with van der Waals surface area (Å²) in [6, 6.07) is 18.8. The van der Waals surface area contributed by atoms with Crippen molar-refractivity contribution in [3.63, 3.8) is 0 Å². The first kappa shape index (κ1) is 19.7. The van der Waals surface area contributed by atoms with Gasteiger partial charge >= 0.3 is 0 Å². The van der Waals surface area contributed by atoms with Gasteiger partial charge < -0.3 is 8.98 Å². The van der Waals surface area contributed by atoms with Crippen LogP contribution in [0.3, 0.4) is 0 Å². The lowest BCUT2D eigenvalue weighted by atomic mass is 10.1. The lowest BCUT2D eigenvalue weighted by Crippen LogP contribution is -2.03. The number of pyridine rings is 2. The Bertz CT molecular complexity index is 1630. The van der Waals surface area contributed by atoms with Gasteiger partial charge in [-0.05, 0) is 30.5 Å². The first-order valence-corrected chi connectivity index (χ1v) is 11.3. The summed E-state index contributed by atoms with van der Waals surface area (Å²) < 4.78 is 8.67. The Labute approximate surface area is 191 Å². The lowest BCUT2D eigenvalue weighted by Gasteiger charge is -2.10. The van der Waals surface area contributed by atoms with Crippen LogP contribution in [0.1, 0.15) is 36.6 Å². The molecule has 162 valence electrons. The number of benzene rings is 2. The fourth-order valence-corrected chi connectivity index (χ4v) is 4.50. The Hall–Kier alpha value is -3.99. The molecular formula is C28H24N4O. The molecule has 2 aromatic carbocycles. The number of rotatable bonds is 4. The van der Waals surface area contributed by atoms with Crippen molar-refractivity contribution in [2.75, 3.05) is 0 Å². The number of aromatic nitrogens is 4. The van der Waals surface area contributed by atoms with Gasteiger partial charge in [0, 0.05) is 41.0 Å². The van der Waals surface area contributed by atoms with Crippen molar-refractivity contribution in [3.05, 3.63) is 90.0 Å². The number of furan rings is 1. The van der Waals surface area contributed by atoms with E-state index in [4.69, 9.17) is 14.4 Å². The summed E-state index contributed by atoms with van der Waals surface area (Å²) >= 11 is 0. The highest BCUT2D eigenvalue weighted by Crippen LogP contribution is 2.37. The molecule has 6 aromatic rings. The smallest absolute Gasteiger partial charge is 0.146 e. The van der Waals surface area contributed by atoms with Crippen LogP contribution in [0.25, 0.3) is 44.4 Å². The highest BCUT2D eigenvalue weighted by atomic mass is 16.3. The van der Waals surface area contributed by atoms with Gasteiger partial charge in [0.05, 0.1) is 22.8 Å². The summed E-state index contributed by atoms with van der Waals surface area (Å²) in [4.78, 5) is 14.2. The Morgan fingerprint density at radius 3 is 2.58 bits per heavy atom. The molecule has 0 radical (unpaired) electrons. The molecule has 33 heavy (non-hydrogen) atoms. The molecular weight excluding hydrogens is 408 g/mol. The van der Waals surface area contributed by atoms with Crippen LogP contribution < -0.4 is 0 Å². The van der Waals surface area contributed by atoms with E-state index in [0.29, 0.717) is 12.5 Å². The predicted octanol–water partition coefficient (Wildman–Crippen LogP) is 6.87. The number of imidazole rings is 1. The molecule has 0 aliphatic carbocycles. The van der Waals surface area contributed by atoms with E-state index in [-0.39, 0.29) is 0 Å². The van der Waals surface area contributed by atoms with Crippen molar-refractivity contribution in [3.8, 4) is 11.4 Å². The molecule has 0 aliphatic heterocycles. The fraction of sp³-hybridized carbons (Fsp3) is 0.179. The number of nitrogens with zero attached hydrogens (tertiary/aromatic N) is 4. The molecule has 0 fully saturated rings. The highest BCUT2D eigenvalue weighted by Gasteiger charge is 2.20. The van der Waals surface area contributed by atoms with Gasteiger partial charge in [-0.25, -0.2) is 4.98 Å². The largest absolute Gasteiger partial charge is 0.455 e.